The van der Waals surface area contributed by atoms with Gasteiger partial charge in [0.05, 0.1) is 12.7 Å². The van der Waals surface area contributed by atoms with E-state index in [1.54, 1.807) is 16.7 Å². The summed E-state index contributed by atoms with van der Waals surface area (Å²) >= 11 is 0. The van der Waals surface area contributed by atoms with Crippen LogP contribution in [0.2, 0.25) is 0 Å². The van der Waals surface area contributed by atoms with Crippen LogP contribution < -0.4 is 16.8 Å². The fourth-order valence-electron chi connectivity index (χ4n) is 4.51. The van der Waals surface area contributed by atoms with Gasteiger partial charge in [-0.25, -0.2) is 30.9 Å². The van der Waals surface area contributed by atoms with Gasteiger partial charge in [0, 0.05) is 21.9 Å². The molecule has 0 N–H and O–H groups in total. The Kier molecular flexibility index (Phi) is 5.48. The average Bonchev–Trinajstić information content (AvgIpc) is 3.44. The van der Waals surface area contributed by atoms with E-state index in [9.17, 15) is 22.0 Å². The zero-order valence-corrected chi connectivity index (χ0v) is 18.6. The van der Waals surface area contributed by atoms with E-state index in [0.29, 0.717) is 16.6 Å². The maximum Gasteiger partial charge on any atom is 0.254 e. The first kappa shape index (κ1) is 22.9. The molecule has 0 radical (unpaired) electrons. The van der Waals surface area contributed by atoms with Gasteiger partial charge < -0.3 is 17.0 Å². The van der Waals surface area contributed by atoms with Crippen LogP contribution in [0.5, 0.6) is 0 Å². The maximum atomic E-state index is 14.6. The third-order valence-corrected chi connectivity index (χ3v) is 6.11. The minimum Gasteiger partial charge on any atom is -1.00 e. The highest BCUT2D eigenvalue weighted by molar-refractivity contribution is 6.11. The summed E-state index contributed by atoms with van der Waals surface area (Å²) in [6.45, 7) is -0.536. The number of hydrogen-bond donors (Lipinski definition) is 0. The zero-order valence-electron chi connectivity index (χ0n) is 17.8. The lowest BCUT2D eigenvalue weighted by atomic mass is 10.1. The van der Waals surface area contributed by atoms with Crippen molar-refractivity contribution in [3.05, 3.63) is 114 Å². The molecule has 0 saturated heterocycles. The first-order valence-corrected chi connectivity index (χ1v) is 10.4. The number of halogens is 6. The number of pyridine rings is 1. The van der Waals surface area contributed by atoms with Crippen molar-refractivity contribution < 1.29 is 38.8 Å². The van der Waals surface area contributed by atoms with E-state index in [4.69, 9.17) is 0 Å². The minimum atomic E-state index is -2.17. The van der Waals surface area contributed by atoms with Gasteiger partial charge in [-0.15, -0.1) is 0 Å². The number of rotatable bonds is 3. The first-order chi connectivity index (χ1) is 16.5. The van der Waals surface area contributed by atoms with Gasteiger partial charge >= 0.3 is 0 Å². The number of nitrogens with zero attached hydrogens (tertiary/aromatic N) is 3. The molecule has 0 atom stereocenters. The second-order valence-corrected chi connectivity index (χ2v) is 8.01. The molecule has 9 heteroatoms. The molecular formula is C26H15ClF5N3. The van der Waals surface area contributed by atoms with Crippen molar-refractivity contribution in [2.75, 3.05) is 0 Å². The molecule has 3 aromatic heterocycles. The Labute approximate surface area is 201 Å². The first-order valence-electron chi connectivity index (χ1n) is 10.4. The Morgan fingerprint density at radius 3 is 2.03 bits per heavy atom. The van der Waals surface area contributed by atoms with Gasteiger partial charge in [0.1, 0.15) is 17.4 Å². The molecular weight excluding hydrogens is 485 g/mol. The highest BCUT2D eigenvalue weighted by atomic mass is 35.5. The number of hydrogen-bond acceptors (Lipinski definition) is 0. The van der Waals surface area contributed by atoms with Crippen LogP contribution in [0, 0.1) is 29.1 Å². The van der Waals surface area contributed by atoms with Crippen LogP contribution >= 0.6 is 0 Å². The van der Waals surface area contributed by atoms with Crippen LogP contribution in [0.1, 0.15) is 5.56 Å². The van der Waals surface area contributed by atoms with Gasteiger partial charge in [0.15, 0.2) is 28.8 Å². The molecule has 3 nitrogen and oxygen atoms in total. The summed E-state index contributed by atoms with van der Waals surface area (Å²) in [5.41, 5.74) is 1.95. The van der Waals surface area contributed by atoms with Crippen molar-refractivity contribution in [1.29, 1.82) is 0 Å². The molecule has 6 rings (SSSR count). The zero-order chi connectivity index (χ0) is 23.6. The standard InChI is InChI=1S/C26H15F5N3.ClH/c27-21-18(22(28)24(30)25(31)23(21)29)12-34-19-9-5-4-8-16(19)17-10-11-32-14-33(13-20(32)26(17)34)15-6-2-1-3-7-15;/h1-11,13-14H,12H2;1H/q+1;/p-1. The van der Waals surface area contributed by atoms with Crippen LogP contribution in [-0.2, 0) is 6.54 Å². The molecule has 0 unspecified atom stereocenters. The monoisotopic (exact) mass is 499 g/mol. The molecule has 3 heterocycles. The Hall–Kier alpha value is -3.91. The topological polar surface area (TPSA) is 14.0 Å². The lowest BCUT2D eigenvalue weighted by Gasteiger charge is -2.11. The van der Waals surface area contributed by atoms with Crippen LogP contribution in [-0.4, -0.2) is 9.13 Å². The summed E-state index contributed by atoms with van der Waals surface area (Å²) in [5.74, 6) is -9.74. The predicted molar refractivity (Wildman–Crippen MR) is 117 cm³/mol. The SMILES string of the molecule is Fc1c(F)c(F)c(Cn2c3ccccc3c3cc[n+]4cn(-c5ccccc5)cc4c32)c(F)c1F.[Cl-]. The summed E-state index contributed by atoms with van der Waals surface area (Å²) in [5, 5.41) is 1.60. The van der Waals surface area contributed by atoms with E-state index in [2.05, 4.69) is 0 Å². The van der Waals surface area contributed by atoms with Crippen molar-refractivity contribution in [1.82, 2.24) is 9.13 Å². The van der Waals surface area contributed by atoms with Gasteiger partial charge in [-0.1, -0.05) is 36.4 Å². The third-order valence-electron chi connectivity index (χ3n) is 6.11. The molecule has 0 aliphatic heterocycles. The van der Waals surface area contributed by atoms with Crippen molar-refractivity contribution in [3.63, 3.8) is 0 Å². The van der Waals surface area contributed by atoms with E-state index >= 15 is 0 Å². The quantitative estimate of drug-likeness (QED) is 0.154. The largest absolute Gasteiger partial charge is 1.00 e. The van der Waals surface area contributed by atoms with E-state index in [0.717, 1.165) is 16.5 Å². The fraction of sp³-hybridized carbons (Fsp3) is 0.0385. The number of fused-ring (bicyclic) bond motifs is 5. The van der Waals surface area contributed by atoms with Crippen LogP contribution in [0.3, 0.4) is 0 Å². The molecule has 0 fully saturated rings. The lowest BCUT2D eigenvalue weighted by Crippen LogP contribution is -3.00. The number of aromatic nitrogens is 3. The van der Waals surface area contributed by atoms with Gasteiger partial charge in [0.2, 0.25) is 5.82 Å². The van der Waals surface area contributed by atoms with Gasteiger partial charge in [-0.3, -0.25) is 0 Å². The van der Waals surface area contributed by atoms with Crippen molar-refractivity contribution in [3.8, 4) is 5.69 Å². The molecule has 3 aromatic carbocycles. The second kappa shape index (κ2) is 8.39. The van der Waals surface area contributed by atoms with E-state index in [1.807, 2.05) is 76.2 Å². The fourth-order valence-corrected chi connectivity index (χ4v) is 4.51. The van der Waals surface area contributed by atoms with Crippen molar-refractivity contribution >= 4 is 27.3 Å². The highest BCUT2D eigenvalue weighted by Gasteiger charge is 2.27. The molecule has 0 bridgehead atoms. The number of imidazole rings is 1. The lowest BCUT2D eigenvalue weighted by molar-refractivity contribution is -0.510. The molecule has 0 spiro atoms. The number of benzene rings is 3. The Morgan fingerprint density at radius 2 is 1.31 bits per heavy atom. The Balaban J connectivity index is 0.00000253. The maximum absolute atomic E-state index is 14.6. The van der Waals surface area contributed by atoms with Crippen molar-refractivity contribution in [2.24, 2.45) is 0 Å². The molecule has 6 aromatic rings. The Bertz CT molecular complexity index is 1710. The average molecular weight is 500 g/mol. The number of para-hydroxylation sites is 2. The summed E-state index contributed by atoms with van der Waals surface area (Å²) < 4.78 is 76.0. The van der Waals surface area contributed by atoms with Crippen LogP contribution in [0.4, 0.5) is 22.0 Å². The van der Waals surface area contributed by atoms with E-state index in [1.165, 1.54) is 0 Å². The predicted octanol–water partition coefficient (Wildman–Crippen LogP) is 3.07. The molecule has 176 valence electrons. The van der Waals surface area contributed by atoms with Gasteiger partial charge in [0.25, 0.3) is 6.33 Å². The van der Waals surface area contributed by atoms with E-state index in [-0.39, 0.29) is 12.4 Å². The molecule has 0 saturated carbocycles. The normalized spacial score (nSPS) is 11.5. The Morgan fingerprint density at radius 1 is 0.686 bits per heavy atom. The summed E-state index contributed by atoms with van der Waals surface area (Å²) in [7, 11) is 0. The molecule has 0 aliphatic rings. The second-order valence-electron chi connectivity index (χ2n) is 8.01. The molecule has 0 amide bonds. The summed E-state index contributed by atoms with van der Waals surface area (Å²) in [6, 6.07) is 18.6. The minimum absolute atomic E-state index is 0. The summed E-state index contributed by atoms with van der Waals surface area (Å²) in [6.07, 6.45) is 5.59. The third kappa shape index (κ3) is 3.36. The van der Waals surface area contributed by atoms with Gasteiger partial charge in [-0.05, 0) is 24.3 Å². The molecule has 0 aliphatic carbocycles. The van der Waals surface area contributed by atoms with Crippen LogP contribution in [0.25, 0.3) is 33.0 Å². The van der Waals surface area contributed by atoms with E-state index < -0.39 is 41.2 Å². The van der Waals surface area contributed by atoms with Crippen molar-refractivity contribution in [2.45, 2.75) is 6.54 Å². The highest BCUT2D eigenvalue weighted by Crippen LogP contribution is 2.33. The van der Waals surface area contributed by atoms with Gasteiger partial charge in [-0.2, -0.15) is 0 Å². The summed E-state index contributed by atoms with van der Waals surface area (Å²) in [4.78, 5) is 0. The smallest absolute Gasteiger partial charge is 0.254 e. The molecule has 35 heavy (non-hydrogen) atoms. The van der Waals surface area contributed by atoms with Crippen LogP contribution in [0.15, 0.2) is 79.4 Å².